The summed E-state index contributed by atoms with van der Waals surface area (Å²) in [6, 6.07) is 2.79. The van der Waals surface area contributed by atoms with Gasteiger partial charge in [-0.25, -0.2) is 0 Å². The summed E-state index contributed by atoms with van der Waals surface area (Å²) < 4.78 is 0. The molecule has 2 heteroatoms. The largest absolute Gasteiger partial charge is 0.312 e. The van der Waals surface area contributed by atoms with Gasteiger partial charge in [0.05, 0.1) is 0 Å². The van der Waals surface area contributed by atoms with Crippen LogP contribution in [0.25, 0.3) is 0 Å². The van der Waals surface area contributed by atoms with Gasteiger partial charge in [0.15, 0.2) is 0 Å². The third-order valence-corrected chi connectivity index (χ3v) is 4.39. The third-order valence-electron chi connectivity index (χ3n) is 3.29. The summed E-state index contributed by atoms with van der Waals surface area (Å²) >= 11 is 1.90. The quantitative estimate of drug-likeness (QED) is 0.737. The second kappa shape index (κ2) is 7.08. The van der Waals surface area contributed by atoms with Gasteiger partial charge in [0.25, 0.3) is 0 Å². The molecule has 0 aliphatic carbocycles. The lowest BCUT2D eigenvalue weighted by Gasteiger charge is -2.26. The van der Waals surface area contributed by atoms with Crippen LogP contribution in [0.1, 0.15) is 56.0 Å². The molecule has 1 unspecified atom stereocenters. The summed E-state index contributed by atoms with van der Waals surface area (Å²) in [6.07, 6.45) is 5.23. The molecule has 92 valence electrons. The average molecular weight is 239 g/mol. The van der Waals surface area contributed by atoms with Crippen molar-refractivity contribution in [2.45, 2.75) is 52.5 Å². The zero-order chi connectivity index (χ0) is 12.0. The molecule has 0 aliphatic rings. The minimum atomic E-state index is 0.555. The van der Waals surface area contributed by atoms with Crippen molar-refractivity contribution in [3.63, 3.8) is 0 Å². The fraction of sp³-hybridized carbons (Fsp3) is 0.714. The van der Waals surface area contributed by atoms with Crippen molar-refractivity contribution in [3.05, 3.63) is 21.9 Å². The van der Waals surface area contributed by atoms with Crippen molar-refractivity contribution in [1.82, 2.24) is 5.32 Å². The van der Waals surface area contributed by atoms with Gasteiger partial charge in [-0.2, -0.15) is 0 Å². The van der Waals surface area contributed by atoms with Crippen LogP contribution in [0.4, 0.5) is 0 Å². The molecule has 1 nitrogen and oxygen atoms in total. The maximum absolute atomic E-state index is 3.53. The van der Waals surface area contributed by atoms with Crippen LogP contribution < -0.4 is 5.32 Å². The van der Waals surface area contributed by atoms with Gasteiger partial charge in [-0.3, -0.25) is 0 Å². The first-order valence-electron chi connectivity index (χ1n) is 6.45. The summed E-state index contributed by atoms with van der Waals surface area (Å²) in [5.74, 6) is 0.789. The number of aryl methyl sites for hydroxylation is 1. The van der Waals surface area contributed by atoms with Gasteiger partial charge in [-0.05, 0) is 49.7 Å². The van der Waals surface area contributed by atoms with Gasteiger partial charge in [0.2, 0.25) is 0 Å². The van der Waals surface area contributed by atoms with Crippen molar-refractivity contribution in [2.24, 2.45) is 5.92 Å². The van der Waals surface area contributed by atoms with E-state index in [1.54, 1.807) is 0 Å². The summed E-state index contributed by atoms with van der Waals surface area (Å²) in [4.78, 5) is 1.54. The van der Waals surface area contributed by atoms with Gasteiger partial charge in [0, 0.05) is 10.9 Å². The smallest absolute Gasteiger partial charge is 0.0443 e. The van der Waals surface area contributed by atoms with Gasteiger partial charge in [-0.15, -0.1) is 11.3 Å². The highest BCUT2D eigenvalue weighted by Crippen LogP contribution is 2.34. The molecule has 0 fully saturated rings. The molecule has 1 N–H and O–H groups in total. The van der Waals surface area contributed by atoms with Crippen LogP contribution in [-0.4, -0.2) is 7.05 Å². The maximum atomic E-state index is 3.53. The number of hydrogen-bond acceptors (Lipinski definition) is 2. The molecule has 1 atom stereocenters. The van der Waals surface area contributed by atoms with E-state index in [1.807, 2.05) is 11.3 Å². The molecule has 0 saturated carbocycles. The lowest BCUT2D eigenvalue weighted by Crippen LogP contribution is -2.25. The van der Waals surface area contributed by atoms with Crippen LogP contribution in [0.15, 0.2) is 11.4 Å². The Morgan fingerprint density at radius 3 is 2.25 bits per heavy atom. The minimum Gasteiger partial charge on any atom is -0.312 e. The molecule has 0 aromatic carbocycles. The molecule has 16 heavy (non-hydrogen) atoms. The van der Waals surface area contributed by atoms with Crippen LogP contribution >= 0.6 is 11.3 Å². The Kier molecular flexibility index (Phi) is 6.07. The van der Waals surface area contributed by atoms with Crippen molar-refractivity contribution in [2.75, 3.05) is 7.05 Å². The van der Waals surface area contributed by atoms with Crippen LogP contribution in [0.3, 0.4) is 0 Å². The van der Waals surface area contributed by atoms with Crippen LogP contribution in [0.5, 0.6) is 0 Å². The van der Waals surface area contributed by atoms with E-state index < -0.39 is 0 Å². The molecule has 0 saturated heterocycles. The monoisotopic (exact) mass is 239 g/mol. The summed E-state index contributed by atoms with van der Waals surface area (Å²) in [7, 11) is 2.10. The number of thiophene rings is 1. The lowest BCUT2D eigenvalue weighted by molar-refractivity contribution is 0.334. The first kappa shape index (κ1) is 13.7. The highest BCUT2D eigenvalue weighted by atomic mass is 32.1. The zero-order valence-corrected chi connectivity index (χ0v) is 11.9. The molecular weight excluding hydrogens is 214 g/mol. The second-order valence-corrected chi connectivity index (χ2v) is 5.52. The number of nitrogens with one attached hydrogen (secondary N) is 1. The molecule has 1 aromatic rings. The Hall–Kier alpha value is -0.340. The van der Waals surface area contributed by atoms with Crippen molar-refractivity contribution < 1.29 is 0 Å². The molecular formula is C14H25NS. The van der Waals surface area contributed by atoms with Crippen LogP contribution in [-0.2, 0) is 0 Å². The van der Waals surface area contributed by atoms with E-state index >= 15 is 0 Å². The molecule has 0 bridgehead atoms. The van der Waals surface area contributed by atoms with E-state index in [0.29, 0.717) is 6.04 Å². The maximum Gasteiger partial charge on any atom is 0.0443 e. The minimum absolute atomic E-state index is 0.555. The standard InChI is InChI=1S/C14H25NS/c1-5-7-12(8-6-2)13(15-4)14-11(3)9-10-16-14/h9-10,12-13,15H,5-8H2,1-4H3. The lowest BCUT2D eigenvalue weighted by atomic mass is 9.88. The molecule has 1 rings (SSSR count). The van der Waals surface area contributed by atoms with E-state index in [-0.39, 0.29) is 0 Å². The summed E-state index contributed by atoms with van der Waals surface area (Å²) in [5.41, 5.74) is 1.45. The van der Waals surface area contributed by atoms with E-state index in [2.05, 4.69) is 44.6 Å². The molecule has 0 aliphatic heterocycles. The average Bonchev–Trinajstić information content (AvgIpc) is 2.67. The van der Waals surface area contributed by atoms with E-state index in [0.717, 1.165) is 5.92 Å². The molecule has 1 heterocycles. The highest BCUT2D eigenvalue weighted by molar-refractivity contribution is 7.10. The summed E-state index contributed by atoms with van der Waals surface area (Å²) in [6.45, 7) is 6.80. The fourth-order valence-electron chi connectivity index (χ4n) is 2.50. The van der Waals surface area contributed by atoms with Crippen molar-refractivity contribution in [1.29, 1.82) is 0 Å². The Balaban J connectivity index is 2.81. The molecule has 0 spiro atoms. The van der Waals surface area contributed by atoms with Crippen molar-refractivity contribution >= 4 is 11.3 Å². The summed E-state index contributed by atoms with van der Waals surface area (Å²) in [5, 5.41) is 5.74. The predicted octanol–water partition coefficient (Wildman–Crippen LogP) is 4.53. The first-order chi connectivity index (χ1) is 7.74. The second-order valence-electron chi connectivity index (χ2n) is 4.57. The van der Waals surface area contributed by atoms with E-state index in [4.69, 9.17) is 0 Å². The van der Waals surface area contributed by atoms with E-state index in [9.17, 15) is 0 Å². The van der Waals surface area contributed by atoms with Gasteiger partial charge in [0.1, 0.15) is 0 Å². The van der Waals surface area contributed by atoms with E-state index in [1.165, 1.54) is 36.1 Å². The molecule has 0 radical (unpaired) electrons. The topological polar surface area (TPSA) is 12.0 Å². The highest BCUT2D eigenvalue weighted by Gasteiger charge is 2.22. The van der Waals surface area contributed by atoms with Gasteiger partial charge >= 0.3 is 0 Å². The number of rotatable bonds is 7. The van der Waals surface area contributed by atoms with Gasteiger partial charge < -0.3 is 5.32 Å². The third kappa shape index (κ3) is 3.33. The van der Waals surface area contributed by atoms with Crippen LogP contribution in [0, 0.1) is 12.8 Å². The molecule has 0 amide bonds. The predicted molar refractivity (Wildman–Crippen MR) is 74.2 cm³/mol. The Bertz CT molecular complexity index is 287. The van der Waals surface area contributed by atoms with Crippen LogP contribution in [0.2, 0.25) is 0 Å². The van der Waals surface area contributed by atoms with Crippen molar-refractivity contribution in [3.8, 4) is 0 Å². The Morgan fingerprint density at radius 2 is 1.88 bits per heavy atom. The first-order valence-corrected chi connectivity index (χ1v) is 7.33. The van der Waals surface area contributed by atoms with Gasteiger partial charge in [-0.1, -0.05) is 26.7 Å². The normalized spacial score (nSPS) is 13.3. The number of hydrogen-bond donors (Lipinski definition) is 1. The Morgan fingerprint density at radius 1 is 1.25 bits per heavy atom. The fourth-order valence-corrected chi connectivity index (χ4v) is 3.63. The zero-order valence-electron chi connectivity index (χ0n) is 11.0. The SMILES string of the molecule is CCCC(CCC)C(NC)c1sccc1C. The molecule has 1 aromatic heterocycles. The Labute approximate surface area is 104 Å².